The highest BCUT2D eigenvalue weighted by Gasteiger charge is 2.38. The summed E-state index contributed by atoms with van der Waals surface area (Å²) in [5.74, 6) is 0.481. The minimum absolute atomic E-state index is 0.253. The van der Waals surface area contributed by atoms with Gasteiger partial charge >= 0.3 is 6.09 Å². The normalized spacial score (nSPS) is 21.3. The second-order valence-electron chi connectivity index (χ2n) is 5.41. The minimum Gasteiger partial charge on any atom is -0.484 e. The molecule has 4 nitrogen and oxygen atoms in total. The van der Waals surface area contributed by atoms with Crippen LogP contribution in [-0.4, -0.2) is 29.7 Å². The Kier molecular flexibility index (Phi) is 3.56. The summed E-state index contributed by atoms with van der Waals surface area (Å²) in [6.45, 7) is 6.80. The largest absolute Gasteiger partial charge is 0.484 e. The van der Waals surface area contributed by atoms with Gasteiger partial charge in [-0.1, -0.05) is 0 Å². The molecule has 1 heterocycles. The summed E-state index contributed by atoms with van der Waals surface area (Å²) in [5, 5.41) is 0. The van der Waals surface area contributed by atoms with Crippen molar-refractivity contribution < 1.29 is 14.3 Å². The van der Waals surface area contributed by atoms with Gasteiger partial charge in [-0.25, -0.2) is 4.79 Å². The lowest BCUT2D eigenvalue weighted by Gasteiger charge is -2.32. The molecule has 0 bridgehead atoms. The topological polar surface area (TPSA) is 38.8 Å². The first-order chi connectivity index (χ1) is 7.88. The molecule has 0 radical (unpaired) electrons. The van der Waals surface area contributed by atoms with Gasteiger partial charge in [-0.05, 0) is 33.6 Å². The summed E-state index contributed by atoms with van der Waals surface area (Å²) in [5.41, 5.74) is 0.571. The molecule has 1 fully saturated rings. The number of allylic oxidation sites excluding steroid dienone is 1. The third kappa shape index (κ3) is 3.26. The van der Waals surface area contributed by atoms with E-state index >= 15 is 0 Å². The number of nitrogens with zero attached hydrogens (tertiary/aromatic N) is 1. The van der Waals surface area contributed by atoms with Crippen molar-refractivity contribution in [2.24, 2.45) is 5.92 Å². The van der Waals surface area contributed by atoms with Gasteiger partial charge in [-0.2, -0.15) is 0 Å². The number of hydrogen-bond acceptors (Lipinski definition) is 3. The van der Waals surface area contributed by atoms with Gasteiger partial charge in [-0.15, -0.1) is 0 Å². The van der Waals surface area contributed by atoms with Crippen LogP contribution in [0, 0.1) is 5.92 Å². The van der Waals surface area contributed by atoms with Crippen molar-refractivity contribution in [3.05, 3.63) is 9.46 Å². The van der Waals surface area contributed by atoms with Crippen LogP contribution in [0.3, 0.4) is 0 Å². The first-order valence-electron chi connectivity index (χ1n) is 5.91. The van der Waals surface area contributed by atoms with Crippen molar-refractivity contribution >= 4 is 28.7 Å². The van der Waals surface area contributed by atoms with Crippen molar-refractivity contribution in [2.75, 3.05) is 13.2 Å². The fraction of sp³-hybridized carbons (Fsp3) is 0.750. The molecular formula is C12H18INO3. The number of rotatable bonds is 1. The average Bonchev–Trinajstić information content (AvgIpc) is 2.98. The third-order valence-electron chi connectivity index (χ3n) is 2.61. The Bertz CT molecular complexity index is 355. The Morgan fingerprint density at radius 2 is 2.12 bits per heavy atom. The molecule has 0 atom stereocenters. The number of carbonyl (C=O) groups excluding carboxylic acids is 1. The van der Waals surface area contributed by atoms with Crippen LogP contribution in [0.2, 0.25) is 0 Å². The Morgan fingerprint density at radius 3 is 2.65 bits per heavy atom. The fourth-order valence-corrected chi connectivity index (χ4v) is 2.72. The van der Waals surface area contributed by atoms with Crippen LogP contribution in [-0.2, 0) is 9.47 Å². The van der Waals surface area contributed by atoms with Crippen molar-refractivity contribution in [3.63, 3.8) is 0 Å². The van der Waals surface area contributed by atoms with Gasteiger partial charge in [0.1, 0.15) is 12.2 Å². The van der Waals surface area contributed by atoms with Gasteiger partial charge in [0.25, 0.3) is 0 Å². The standard InChI is InChI=1S/C12H18INO3/c1-12(2,3)17-11(15)14-6-7-16-10(13)9(14)8-4-5-8/h8H,4-7H2,1-3H3. The van der Waals surface area contributed by atoms with Crippen LogP contribution in [0.5, 0.6) is 0 Å². The van der Waals surface area contributed by atoms with E-state index in [9.17, 15) is 4.79 Å². The van der Waals surface area contributed by atoms with Crippen LogP contribution >= 0.6 is 22.6 Å². The summed E-state index contributed by atoms with van der Waals surface area (Å²) in [7, 11) is 0. The molecule has 96 valence electrons. The second-order valence-corrected chi connectivity index (χ2v) is 6.39. The number of amides is 1. The Morgan fingerprint density at radius 1 is 1.47 bits per heavy atom. The molecule has 2 rings (SSSR count). The van der Waals surface area contributed by atoms with Crippen molar-refractivity contribution in [3.8, 4) is 0 Å². The minimum atomic E-state index is -0.449. The van der Waals surface area contributed by atoms with E-state index in [1.807, 2.05) is 20.8 Å². The molecule has 1 saturated carbocycles. The van der Waals surface area contributed by atoms with Gasteiger partial charge in [0.2, 0.25) is 0 Å². The monoisotopic (exact) mass is 351 g/mol. The summed E-state index contributed by atoms with van der Waals surface area (Å²) in [6, 6.07) is 0. The average molecular weight is 351 g/mol. The van der Waals surface area contributed by atoms with E-state index < -0.39 is 5.60 Å². The lowest BCUT2D eigenvalue weighted by atomic mass is 10.2. The molecule has 0 aromatic carbocycles. The summed E-state index contributed by atoms with van der Waals surface area (Å²) in [4.78, 5) is 13.9. The molecule has 1 amide bonds. The van der Waals surface area contributed by atoms with E-state index in [2.05, 4.69) is 22.6 Å². The van der Waals surface area contributed by atoms with E-state index in [0.29, 0.717) is 19.1 Å². The molecular weight excluding hydrogens is 333 g/mol. The highest BCUT2D eigenvalue weighted by Crippen LogP contribution is 2.43. The zero-order valence-corrected chi connectivity index (χ0v) is 12.6. The predicted molar refractivity (Wildman–Crippen MR) is 72.7 cm³/mol. The van der Waals surface area contributed by atoms with Crippen LogP contribution in [0.25, 0.3) is 0 Å². The van der Waals surface area contributed by atoms with Gasteiger partial charge in [0, 0.05) is 28.5 Å². The predicted octanol–water partition coefficient (Wildman–Crippen LogP) is 3.27. The quantitative estimate of drug-likeness (QED) is 0.681. The maximum Gasteiger partial charge on any atom is 0.414 e. The van der Waals surface area contributed by atoms with E-state index in [4.69, 9.17) is 9.47 Å². The molecule has 0 aromatic rings. The summed E-state index contributed by atoms with van der Waals surface area (Å²) in [6.07, 6.45) is 2.03. The molecule has 0 unspecified atom stereocenters. The van der Waals surface area contributed by atoms with Gasteiger partial charge in [-0.3, -0.25) is 4.90 Å². The molecule has 0 N–H and O–H groups in total. The van der Waals surface area contributed by atoms with Crippen LogP contribution < -0.4 is 0 Å². The zero-order chi connectivity index (χ0) is 12.6. The SMILES string of the molecule is CC(C)(C)OC(=O)N1CCOC(I)=C1C1CC1. The zero-order valence-electron chi connectivity index (χ0n) is 10.5. The highest BCUT2D eigenvalue weighted by molar-refractivity contribution is 14.1. The first-order valence-corrected chi connectivity index (χ1v) is 6.99. The van der Waals surface area contributed by atoms with E-state index in [-0.39, 0.29) is 6.09 Å². The van der Waals surface area contributed by atoms with Crippen LogP contribution in [0.4, 0.5) is 4.79 Å². The Hall–Kier alpha value is -0.460. The van der Waals surface area contributed by atoms with Crippen molar-refractivity contribution in [1.82, 2.24) is 4.90 Å². The lowest BCUT2D eigenvalue weighted by molar-refractivity contribution is 0.0215. The summed E-state index contributed by atoms with van der Waals surface area (Å²) >= 11 is 2.17. The van der Waals surface area contributed by atoms with Crippen LogP contribution in [0.1, 0.15) is 33.6 Å². The number of ether oxygens (including phenoxy) is 2. The molecule has 1 aliphatic carbocycles. The second kappa shape index (κ2) is 4.66. The van der Waals surface area contributed by atoms with Gasteiger partial charge in [0.05, 0.1) is 12.2 Å². The Balaban J connectivity index is 2.13. The lowest BCUT2D eigenvalue weighted by Crippen LogP contribution is -2.41. The molecule has 1 aliphatic heterocycles. The molecule has 0 spiro atoms. The van der Waals surface area contributed by atoms with Crippen LogP contribution in [0.15, 0.2) is 9.46 Å². The molecule has 5 heteroatoms. The highest BCUT2D eigenvalue weighted by atomic mass is 127. The third-order valence-corrected chi connectivity index (χ3v) is 3.48. The molecule has 0 saturated heterocycles. The number of carbonyl (C=O) groups is 1. The molecule has 2 aliphatic rings. The van der Waals surface area contributed by atoms with E-state index in [0.717, 1.165) is 22.3 Å². The number of hydrogen-bond donors (Lipinski definition) is 0. The Labute approximate surface area is 115 Å². The van der Waals surface area contributed by atoms with E-state index in [1.54, 1.807) is 4.90 Å². The van der Waals surface area contributed by atoms with E-state index in [1.165, 1.54) is 0 Å². The maximum absolute atomic E-state index is 12.1. The van der Waals surface area contributed by atoms with Gasteiger partial charge in [0.15, 0.2) is 3.77 Å². The van der Waals surface area contributed by atoms with Crippen molar-refractivity contribution in [1.29, 1.82) is 0 Å². The first kappa shape index (κ1) is 13.0. The van der Waals surface area contributed by atoms with Crippen molar-refractivity contribution in [2.45, 2.75) is 39.2 Å². The molecule has 17 heavy (non-hydrogen) atoms. The van der Waals surface area contributed by atoms with Gasteiger partial charge < -0.3 is 9.47 Å². The summed E-state index contributed by atoms with van der Waals surface area (Å²) < 4.78 is 11.8. The fourth-order valence-electron chi connectivity index (χ4n) is 1.77. The smallest absolute Gasteiger partial charge is 0.414 e. The molecule has 0 aromatic heterocycles. The number of halogens is 1. The maximum atomic E-state index is 12.1.